The first-order valence-corrected chi connectivity index (χ1v) is 7.19. The standard InChI is InChI=1S/C17H18N2O3/c1-11-3-5-13(6-4-11)9-14(10-18)17(21)22-12(2)16(20)19-15-7-8-15/h3-6,9,12,15H,7-8H2,1-2H3,(H,19,20)/b14-9+/t12-/m0/s1. The van der Waals surface area contributed by atoms with Crippen LogP contribution in [0.1, 0.15) is 30.9 Å². The Labute approximate surface area is 129 Å². The van der Waals surface area contributed by atoms with E-state index in [0.29, 0.717) is 0 Å². The number of nitriles is 1. The highest BCUT2D eigenvalue weighted by molar-refractivity contribution is 5.99. The number of amides is 1. The number of ether oxygens (including phenoxy) is 1. The highest BCUT2D eigenvalue weighted by Crippen LogP contribution is 2.19. The Hall–Kier alpha value is -2.61. The third-order valence-corrected chi connectivity index (χ3v) is 3.31. The molecule has 0 spiro atoms. The lowest BCUT2D eigenvalue weighted by Crippen LogP contribution is -2.37. The summed E-state index contributed by atoms with van der Waals surface area (Å²) in [5.74, 6) is -1.12. The molecular weight excluding hydrogens is 280 g/mol. The maximum absolute atomic E-state index is 12.0. The minimum atomic E-state index is -0.914. The van der Waals surface area contributed by atoms with Gasteiger partial charge in [0.2, 0.25) is 0 Å². The van der Waals surface area contributed by atoms with Gasteiger partial charge in [0, 0.05) is 6.04 Å². The summed E-state index contributed by atoms with van der Waals surface area (Å²) in [5, 5.41) is 11.9. The molecule has 1 amide bonds. The Morgan fingerprint density at radius 2 is 2.00 bits per heavy atom. The van der Waals surface area contributed by atoms with Crippen molar-refractivity contribution >= 4 is 18.0 Å². The van der Waals surface area contributed by atoms with Crippen LogP contribution in [0, 0.1) is 18.3 Å². The molecule has 114 valence electrons. The Kier molecular flexibility index (Phi) is 4.95. The number of esters is 1. The largest absolute Gasteiger partial charge is 0.448 e. The molecule has 0 heterocycles. The fourth-order valence-electron chi connectivity index (χ4n) is 1.79. The second-order valence-corrected chi connectivity index (χ2v) is 5.41. The van der Waals surface area contributed by atoms with Crippen LogP contribution in [0.5, 0.6) is 0 Å². The van der Waals surface area contributed by atoms with Crippen molar-refractivity contribution in [1.29, 1.82) is 5.26 Å². The summed E-state index contributed by atoms with van der Waals surface area (Å²) in [6.07, 6.45) is 2.46. The van der Waals surface area contributed by atoms with E-state index < -0.39 is 12.1 Å². The molecule has 1 aromatic rings. The van der Waals surface area contributed by atoms with E-state index in [1.807, 2.05) is 37.3 Å². The minimum Gasteiger partial charge on any atom is -0.448 e. The van der Waals surface area contributed by atoms with Crippen molar-refractivity contribution in [3.8, 4) is 6.07 Å². The van der Waals surface area contributed by atoms with Crippen molar-refractivity contribution < 1.29 is 14.3 Å². The summed E-state index contributed by atoms with van der Waals surface area (Å²) in [6.45, 7) is 3.45. The van der Waals surface area contributed by atoms with Crippen LogP contribution in [0.15, 0.2) is 29.8 Å². The van der Waals surface area contributed by atoms with Crippen molar-refractivity contribution in [2.24, 2.45) is 0 Å². The lowest BCUT2D eigenvalue weighted by Gasteiger charge is -2.12. The van der Waals surface area contributed by atoms with Gasteiger partial charge in [0.15, 0.2) is 6.10 Å². The third kappa shape index (κ3) is 4.45. The number of hydrogen-bond acceptors (Lipinski definition) is 4. The molecule has 5 heteroatoms. The molecule has 1 fully saturated rings. The monoisotopic (exact) mass is 298 g/mol. The van der Waals surface area contributed by atoms with Crippen LogP contribution >= 0.6 is 0 Å². The molecule has 0 aromatic heterocycles. The molecule has 5 nitrogen and oxygen atoms in total. The molecule has 1 atom stereocenters. The van der Waals surface area contributed by atoms with Gasteiger partial charge in [-0.2, -0.15) is 5.26 Å². The molecule has 1 aliphatic rings. The van der Waals surface area contributed by atoms with Crippen molar-refractivity contribution in [1.82, 2.24) is 5.32 Å². The molecular formula is C17H18N2O3. The van der Waals surface area contributed by atoms with Crippen LogP contribution in [-0.2, 0) is 14.3 Å². The van der Waals surface area contributed by atoms with Gasteiger partial charge >= 0.3 is 5.97 Å². The predicted octanol–water partition coefficient (Wildman–Crippen LogP) is 2.11. The zero-order chi connectivity index (χ0) is 16.1. The number of rotatable bonds is 5. The van der Waals surface area contributed by atoms with E-state index in [1.54, 1.807) is 0 Å². The zero-order valence-electron chi connectivity index (χ0n) is 12.6. The topological polar surface area (TPSA) is 79.2 Å². The number of nitrogens with one attached hydrogen (secondary N) is 1. The first-order valence-electron chi connectivity index (χ1n) is 7.19. The van der Waals surface area contributed by atoms with Crippen LogP contribution in [0.3, 0.4) is 0 Å². The smallest absolute Gasteiger partial charge is 0.349 e. The Morgan fingerprint density at radius 1 is 1.36 bits per heavy atom. The highest BCUT2D eigenvalue weighted by Gasteiger charge is 2.27. The third-order valence-electron chi connectivity index (χ3n) is 3.31. The number of carbonyl (C=O) groups is 2. The van der Waals surface area contributed by atoms with E-state index in [-0.39, 0.29) is 17.5 Å². The van der Waals surface area contributed by atoms with Gasteiger partial charge in [0.05, 0.1) is 0 Å². The van der Waals surface area contributed by atoms with Crippen LogP contribution in [0.25, 0.3) is 6.08 Å². The van der Waals surface area contributed by atoms with Gasteiger partial charge < -0.3 is 10.1 Å². The van der Waals surface area contributed by atoms with Gasteiger partial charge in [0.1, 0.15) is 11.6 Å². The van der Waals surface area contributed by atoms with Gasteiger partial charge in [-0.1, -0.05) is 29.8 Å². The molecule has 0 radical (unpaired) electrons. The maximum atomic E-state index is 12.0. The Bertz CT molecular complexity index is 637. The van der Waals surface area contributed by atoms with Crippen molar-refractivity contribution in [2.75, 3.05) is 0 Å². The lowest BCUT2D eigenvalue weighted by atomic mass is 10.1. The maximum Gasteiger partial charge on any atom is 0.349 e. The van der Waals surface area contributed by atoms with Crippen LogP contribution in [0.4, 0.5) is 0 Å². The van der Waals surface area contributed by atoms with Gasteiger partial charge in [-0.3, -0.25) is 4.79 Å². The quantitative estimate of drug-likeness (QED) is 0.513. The lowest BCUT2D eigenvalue weighted by molar-refractivity contribution is -0.150. The average molecular weight is 298 g/mol. The number of hydrogen-bond donors (Lipinski definition) is 1. The molecule has 22 heavy (non-hydrogen) atoms. The highest BCUT2D eigenvalue weighted by atomic mass is 16.5. The Morgan fingerprint density at radius 3 is 2.55 bits per heavy atom. The minimum absolute atomic E-state index is 0.130. The van der Waals surface area contributed by atoms with E-state index in [0.717, 1.165) is 24.0 Å². The zero-order valence-corrected chi connectivity index (χ0v) is 12.6. The van der Waals surface area contributed by atoms with E-state index in [2.05, 4.69) is 5.32 Å². The summed E-state index contributed by atoms with van der Waals surface area (Å²) in [4.78, 5) is 23.7. The summed E-state index contributed by atoms with van der Waals surface area (Å²) in [7, 11) is 0. The number of aryl methyl sites for hydroxylation is 1. The van der Waals surface area contributed by atoms with Crippen molar-refractivity contribution in [2.45, 2.75) is 38.8 Å². The summed E-state index contributed by atoms with van der Waals surface area (Å²) in [5.41, 5.74) is 1.69. The first-order chi connectivity index (χ1) is 10.5. The average Bonchev–Trinajstić information content (AvgIpc) is 3.30. The summed E-state index contributed by atoms with van der Waals surface area (Å²) in [6, 6.07) is 9.41. The molecule has 1 N–H and O–H groups in total. The van der Waals surface area contributed by atoms with Crippen LogP contribution in [0.2, 0.25) is 0 Å². The number of benzene rings is 1. The van der Waals surface area contributed by atoms with E-state index in [9.17, 15) is 9.59 Å². The van der Waals surface area contributed by atoms with Gasteiger partial charge in [-0.15, -0.1) is 0 Å². The predicted molar refractivity (Wildman–Crippen MR) is 81.5 cm³/mol. The SMILES string of the molecule is Cc1ccc(/C=C(\C#N)C(=O)O[C@@H](C)C(=O)NC2CC2)cc1. The fraction of sp³-hybridized carbons (Fsp3) is 0.353. The van der Waals surface area contributed by atoms with Gasteiger partial charge in [-0.05, 0) is 38.3 Å². The molecule has 0 bridgehead atoms. The van der Waals surface area contributed by atoms with Crippen LogP contribution < -0.4 is 5.32 Å². The Balaban J connectivity index is 2.00. The second-order valence-electron chi connectivity index (χ2n) is 5.41. The van der Waals surface area contributed by atoms with Gasteiger partial charge in [0.25, 0.3) is 5.91 Å². The molecule has 1 aliphatic carbocycles. The summed E-state index contributed by atoms with van der Waals surface area (Å²) < 4.78 is 5.05. The first kappa shape index (κ1) is 15.8. The van der Waals surface area contributed by atoms with Crippen molar-refractivity contribution in [3.05, 3.63) is 41.0 Å². The molecule has 2 rings (SSSR count). The normalized spacial score (nSPS) is 15.6. The molecule has 1 saturated carbocycles. The van der Waals surface area contributed by atoms with Crippen LogP contribution in [-0.4, -0.2) is 24.0 Å². The molecule has 0 unspecified atom stereocenters. The van der Waals surface area contributed by atoms with Gasteiger partial charge in [-0.25, -0.2) is 4.79 Å². The van der Waals surface area contributed by atoms with Crippen molar-refractivity contribution in [3.63, 3.8) is 0 Å². The van der Waals surface area contributed by atoms with E-state index in [1.165, 1.54) is 13.0 Å². The molecule has 0 saturated heterocycles. The van der Waals surface area contributed by atoms with E-state index >= 15 is 0 Å². The molecule has 1 aromatic carbocycles. The number of nitrogens with zero attached hydrogens (tertiary/aromatic N) is 1. The number of carbonyl (C=O) groups excluding carboxylic acids is 2. The molecule has 0 aliphatic heterocycles. The second kappa shape index (κ2) is 6.90. The summed E-state index contributed by atoms with van der Waals surface area (Å²) >= 11 is 0. The van der Waals surface area contributed by atoms with E-state index in [4.69, 9.17) is 10.00 Å². The fourth-order valence-corrected chi connectivity index (χ4v) is 1.79.